The molecule has 0 bridgehead atoms. The Labute approximate surface area is 182 Å². The number of H-pyrrole nitrogens is 1. The summed E-state index contributed by atoms with van der Waals surface area (Å²) in [5, 5.41) is 23.2. The van der Waals surface area contributed by atoms with Crippen molar-refractivity contribution < 1.29 is 24.6 Å². The van der Waals surface area contributed by atoms with Crippen LogP contribution in [0.3, 0.4) is 0 Å². The molecule has 168 valence electrons. The number of amides is 1. The first-order valence-corrected chi connectivity index (χ1v) is 9.90. The minimum absolute atomic E-state index is 0.0544. The quantitative estimate of drug-likeness (QED) is 0.328. The summed E-state index contributed by atoms with van der Waals surface area (Å²) in [6.07, 6.45) is 3.05. The number of aromatic nitrogens is 2. The lowest BCUT2D eigenvalue weighted by molar-refractivity contribution is -0.140. The number of hydrogen-bond acceptors (Lipinski definition) is 7. The summed E-state index contributed by atoms with van der Waals surface area (Å²) in [6.45, 7) is 0. The number of nitrogens with two attached hydrogens (primary N) is 1. The van der Waals surface area contributed by atoms with Crippen LogP contribution in [0, 0.1) is 0 Å². The Morgan fingerprint density at radius 1 is 1.16 bits per heavy atom. The number of aliphatic carboxylic acids is 2. The SMILES string of the molecule is Nc1nc2c(c(=O)[nH]1)CC(CCc1ccc(C(=O)N[C@@H](CCC(=O)O)C(=O)O)cc1)=CN2. The van der Waals surface area contributed by atoms with Gasteiger partial charge in [0.05, 0.1) is 5.56 Å². The van der Waals surface area contributed by atoms with Crippen molar-refractivity contribution in [3.63, 3.8) is 0 Å². The number of aryl methyl sites for hydroxylation is 1. The molecule has 1 aliphatic heterocycles. The first kappa shape index (κ1) is 22.5. The van der Waals surface area contributed by atoms with Gasteiger partial charge in [-0.3, -0.25) is 19.4 Å². The minimum atomic E-state index is -1.29. The second kappa shape index (κ2) is 9.77. The molecule has 1 atom stereocenters. The maximum Gasteiger partial charge on any atom is 0.326 e. The third-order valence-electron chi connectivity index (χ3n) is 5.05. The van der Waals surface area contributed by atoms with E-state index >= 15 is 0 Å². The first-order chi connectivity index (χ1) is 15.2. The Morgan fingerprint density at radius 3 is 2.53 bits per heavy atom. The van der Waals surface area contributed by atoms with Gasteiger partial charge >= 0.3 is 11.9 Å². The van der Waals surface area contributed by atoms with Crippen LogP contribution in [0.15, 0.2) is 40.8 Å². The zero-order valence-corrected chi connectivity index (χ0v) is 17.1. The van der Waals surface area contributed by atoms with Crippen molar-refractivity contribution in [1.29, 1.82) is 0 Å². The molecule has 11 heteroatoms. The molecule has 2 aromatic rings. The van der Waals surface area contributed by atoms with Gasteiger partial charge in [0.25, 0.3) is 11.5 Å². The molecule has 1 amide bonds. The van der Waals surface area contributed by atoms with Crippen LogP contribution in [-0.2, 0) is 22.4 Å². The fourth-order valence-corrected chi connectivity index (χ4v) is 3.30. The zero-order valence-electron chi connectivity index (χ0n) is 17.1. The average Bonchev–Trinajstić information content (AvgIpc) is 2.75. The molecule has 0 saturated heterocycles. The van der Waals surface area contributed by atoms with Crippen LogP contribution in [-0.4, -0.2) is 44.1 Å². The molecule has 2 heterocycles. The molecule has 1 aromatic heterocycles. The monoisotopic (exact) mass is 441 g/mol. The van der Waals surface area contributed by atoms with Crippen LogP contribution in [0.5, 0.6) is 0 Å². The lowest BCUT2D eigenvalue weighted by Gasteiger charge is -2.17. The summed E-state index contributed by atoms with van der Waals surface area (Å²) in [5.74, 6) is -2.50. The van der Waals surface area contributed by atoms with Crippen molar-refractivity contribution in [2.45, 2.75) is 38.1 Å². The van der Waals surface area contributed by atoms with Gasteiger partial charge < -0.3 is 26.6 Å². The maximum absolute atomic E-state index is 12.3. The Kier molecular flexibility index (Phi) is 6.88. The predicted octanol–water partition coefficient (Wildman–Crippen LogP) is 0.885. The molecule has 3 rings (SSSR count). The minimum Gasteiger partial charge on any atom is -0.481 e. The summed E-state index contributed by atoms with van der Waals surface area (Å²) < 4.78 is 0. The first-order valence-electron chi connectivity index (χ1n) is 9.90. The highest BCUT2D eigenvalue weighted by molar-refractivity contribution is 5.96. The van der Waals surface area contributed by atoms with Gasteiger partial charge in [-0.1, -0.05) is 12.1 Å². The number of benzene rings is 1. The molecule has 0 spiro atoms. The highest BCUT2D eigenvalue weighted by Crippen LogP contribution is 2.22. The van der Waals surface area contributed by atoms with Crippen LogP contribution in [0.1, 0.15) is 40.7 Å². The van der Waals surface area contributed by atoms with Gasteiger partial charge in [0.1, 0.15) is 11.9 Å². The van der Waals surface area contributed by atoms with Crippen LogP contribution < -0.4 is 21.9 Å². The summed E-state index contributed by atoms with van der Waals surface area (Å²) >= 11 is 0. The van der Waals surface area contributed by atoms with Crippen molar-refractivity contribution in [2.24, 2.45) is 0 Å². The number of aromatic amines is 1. The maximum atomic E-state index is 12.3. The molecule has 0 fully saturated rings. The molecule has 1 aliphatic rings. The number of hydrogen-bond donors (Lipinski definition) is 6. The van der Waals surface area contributed by atoms with E-state index in [9.17, 15) is 19.2 Å². The molecule has 1 aromatic carbocycles. The van der Waals surface area contributed by atoms with Crippen molar-refractivity contribution in [3.8, 4) is 0 Å². The summed E-state index contributed by atoms with van der Waals surface area (Å²) in [4.78, 5) is 52.8. The summed E-state index contributed by atoms with van der Waals surface area (Å²) in [5.41, 5.74) is 8.04. The van der Waals surface area contributed by atoms with Gasteiger partial charge in [0.15, 0.2) is 0 Å². The third kappa shape index (κ3) is 5.72. The van der Waals surface area contributed by atoms with Gasteiger partial charge in [-0.15, -0.1) is 0 Å². The topological polar surface area (TPSA) is 187 Å². The molecule has 0 unspecified atom stereocenters. The molecular weight excluding hydrogens is 418 g/mol. The van der Waals surface area contributed by atoms with Gasteiger partial charge in [0, 0.05) is 24.6 Å². The summed E-state index contributed by atoms with van der Waals surface area (Å²) in [7, 11) is 0. The number of rotatable bonds is 9. The average molecular weight is 441 g/mol. The smallest absolute Gasteiger partial charge is 0.326 e. The second-order valence-electron chi connectivity index (χ2n) is 7.40. The highest BCUT2D eigenvalue weighted by atomic mass is 16.4. The Balaban J connectivity index is 1.56. The fourth-order valence-electron chi connectivity index (χ4n) is 3.30. The fraction of sp³-hybridized carbons (Fsp3) is 0.286. The number of anilines is 2. The van der Waals surface area contributed by atoms with Crippen molar-refractivity contribution in [3.05, 3.63) is 63.1 Å². The van der Waals surface area contributed by atoms with E-state index < -0.39 is 23.9 Å². The molecule has 0 radical (unpaired) electrons. The molecule has 7 N–H and O–H groups in total. The highest BCUT2D eigenvalue weighted by Gasteiger charge is 2.21. The number of allylic oxidation sites excluding steroid dienone is 1. The van der Waals surface area contributed by atoms with Crippen LogP contribution >= 0.6 is 0 Å². The third-order valence-corrected chi connectivity index (χ3v) is 5.05. The predicted molar refractivity (Wildman–Crippen MR) is 115 cm³/mol. The number of fused-ring (bicyclic) bond motifs is 1. The molecule has 11 nitrogen and oxygen atoms in total. The standard InChI is InChI=1S/C21H23N5O6/c22-21-25-17-14(19(30)26-21)9-12(10-23-17)2-1-11-3-5-13(6-4-11)18(29)24-15(20(31)32)7-8-16(27)28/h3-6,10,15H,1-2,7-9H2,(H,24,29)(H,27,28)(H,31,32)(H4,22,23,25,26,30)/t15-/m0/s1. The largest absolute Gasteiger partial charge is 0.481 e. The van der Waals surface area contributed by atoms with Crippen molar-refractivity contribution in [2.75, 3.05) is 11.1 Å². The molecular formula is C21H23N5O6. The zero-order chi connectivity index (χ0) is 23.3. The number of carbonyl (C=O) groups excluding carboxylic acids is 1. The van der Waals surface area contributed by atoms with E-state index in [1.807, 2.05) is 0 Å². The molecule has 32 heavy (non-hydrogen) atoms. The van der Waals surface area contributed by atoms with E-state index in [1.54, 1.807) is 30.5 Å². The van der Waals surface area contributed by atoms with E-state index in [1.165, 1.54) is 0 Å². The number of nitrogens with one attached hydrogen (secondary N) is 3. The molecule has 0 aliphatic carbocycles. The second-order valence-corrected chi connectivity index (χ2v) is 7.40. The van der Waals surface area contributed by atoms with E-state index in [-0.39, 0.29) is 29.9 Å². The van der Waals surface area contributed by atoms with Crippen molar-refractivity contribution >= 4 is 29.6 Å². The number of nitrogen functional groups attached to an aromatic ring is 1. The summed E-state index contributed by atoms with van der Waals surface area (Å²) in [6, 6.07) is 5.42. The molecule has 0 saturated carbocycles. The normalized spacial score (nSPS) is 13.3. The number of nitrogens with zero attached hydrogens (tertiary/aromatic N) is 1. The van der Waals surface area contributed by atoms with Gasteiger partial charge in [0.2, 0.25) is 5.95 Å². The van der Waals surface area contributed by atoms with E-state index in [0.29, 0.717) is 30.6 Å². The van der Waals surface area contributed by atoms with Crippen molar-refractivity contribution in [1.82, 2.24) is 15.3 Å². The van der Waals surface area contributed by atoms with Gasteiger partial charge in [-0.05, 0) is 42.5 Å². The van der Waals surface area contributed by atoms with E-state index in [4.69, 9.17) is 15.9 Å². The lowest BCUT2D eigenvalue weighted by Crippen LogP contribution is -2.41. The number of carboxylic acid groups (broad SMARTS) is 2. The van der Waals surface area contributed by atoms with E-state index in [0.717, 1.165) is 11.1 Å². The number of carbonyl (C=O) groups is 3. The Hall–Kier alpha value is -4.15. The number of carboxylic acids is 2. The van der Waals surface area contributed by atoms with Crippen LogP contribution in [0.2, 0.25) is 0 Å². The Morgan fingerprint density at radius 2 is 1.88 bits per heavy atom. The van der Waals surface area contributed by atoms with E-state index in [2.05, 4.69) is 20.6 Å². The van der Waals surface area contributed by atoms with Gasteiger partial charge in [-0.2, -0.15) is 4.98 Å². The lowest BCUT2D eigenvalue weighted by atomic mass is 9.97. The Bertz CT molecular complexity index is 1120. The van der Waals surface area contributed by atoms with Crippen LogP contribution in [0.25, 0.3) is 0 Å². The van der Waals surface area contributed by atoms with Gasteiger partial charge in [-0.25, -0.2) is 4.79 Å². The van der Waals surface area contributed by atoms with Crippen LogP contribution in [0.4, 0.5) is 11.8 Å².